The van der Waals surface area contributed by atoms with E-state index in [-0.39, 0.29) is 24.7 Å². The van der Waals surface area contributed by atoms with Gasteiger partial charge in [-0.25, -0.2) is 18.3 Å². The number of aryl methyl sites for hydroxylation is 2. The van der Waals surface area contributed by atoms with Gasteiger partial charge in [0.25, 0.3) is 5.91 Å². The molecule has 1 amide bonds. The van der Waals surface area contributed by atoms with Crippen LogP contribution in [0.15, 0.2) is 24.5 Å². The van der Waals surface area contributed by atoms with Crippen LogP contribution in [0.4, 0.5) is 8.78 Å². The average molecular weight is 487 g/mol. The summed E-state index contributed by atoms with van der Waals surface area (Å²) in [5.41, 5.74) is 3.90. The lowest BCUT2D eigenvalue weighted by atomic mass is 9.81. The van der Waals surface area contributed by atoms with Gasteiger partial charge in [-0.1, -0.05) is 0 Å². The molecule has 0 aromatic carbocycles. The minimum atomic E-state index is -2.65. The molecule has 1 aliphatic carbocycles. The predicted molar refractivity (Wildman–Crippen MR) is 126 cm³/mol. The summed E-state index contributed by atoms with van der Waals surface area (Å²) in [6.45, 7) is 5.95. The number of amides is 1. The average Bonchev–Trinajstić information content (AvgIpc) is 3.49. The Morgan fingerprint density at radius 1 is 1.26 bits per heavy atom. The van der Waals surface area contributed by atoms with Crippen molar-refractivity contribution in [3.05, 3.63) is 47.2 Å². The van der Waals surface area contributed by atoms with Crippen LogP contribution in [0.1, 0.15) is 84.8 Å². The summed E-state index contributed by atoms with van der Waals surface area (Å²) in [7, 11) is 0. The topological polar surface area (TPSA) is 86.3 Å². The van der Waals surface area contributed by atoms with Crippen molar-refractivity contribution in [3.63, 3.8) is 0 Å². The number of nitrogens with one attached hydrogen (secondary N) is 1. The number of carbonyl (C=O) groups excluding carboxylic acids is 1. The quantitative estimate of drug-likeness (QED) is 0.557. The molecule has 35 heavy (non-hydrogen) atoms. The van der Waals surface area contributed by atoms with Gasteiger partial charge in [0.2, 0.25) is 5.92 Å². The SMILES string of the molecule is CCn1nccc1C(=O)NC(c1cn2nc(C)c(C3CCOCC3)cc2n1)C1CCC(F)(F)CC1. The van der Waals surface area contributed by atoms with Gasteiger partial charge in [-0.15, -0.1) is 0 Å². The van der Waals surface area contributed by atoms with Gasteiger partial charge >= 0.3 is 0 Å². The fourth-order valence-corrected chi connectivity index (χ4v) is 5.44. The van der Waals surface area contributed by atoms with Crippen molar-refractivity contribution in [1.82, 2.24) is 29.7 Å². The first-order valence-corrected chi connectivity index (χ1v) is 12.5. The van der Waals surface area contributed by atoms with E-state index < -0.39 is 12.0 Å². The Morgan fingerprint density at radius 3 is 2.71 bits per heavy atom. The van der Waals surface area contributed by atoms with E-state index in [1.165, 1.54) is 5.56 Å². The van der Waals surface area contributed by atoms with Crippen molar-refractivity contribution < 1.29 is 18.3 Å². The van der Waals surface area contributed by atoms with E-state index in [2.05, 4.69) is 16.5 Å². The van der Waals surface area contributed by atoms with Gasteiger partial charge in [-0.3, -0.25) is 9.48 Å². The van der Waals surface area contributed by atoms with Crippen LogP contribution in [0.25, 0.3) is 5.65 Å². The number of imidazole rings is 1. The lowest BCUT2D eigenvalue weighted by Gasteiger charge is -2.33. The number of alkyl halides is 2. The van der Waals surface area contributed by atoms with Crippen LogP contribution in [0, 0.1) is 12.8 Å². The van der Waals surface area contributed by atoms with Gasteiger partial charge in [0, 0.05) is 38.8 Å². The fraction of sp³-hybridized carbons (Fsp3) is 0.600. The van der Waals surface area contributed by atoms with Crippen LogP contribution in [-0.4, -0.2) is 49.4 Å². The highest BCUT2D eigenvalue weighted by atomic mass is 19.3. The van der Waals surface area contributed by atoms with Crippen molar-refractivity contribution in [3.8, 4) is 0 Å². The second-order valence-corrected chi connectivity index (χ2v) is 9.72. The van der Waals surface area contributed by atoms with Crippen LogP contribution >= 0.6 is 0 Å². The normalized spacial score (nSPS) is 20.2. The van der Waals surface area contributed by atoms with E-state index in [4.69, 9.17) is 14.8 Å². The maximum Gasteiger partial charge on any atom is 0.270 e. The molecule has 1 unspecified atom stereocenters. The lowest BCUT2D eigenvalue weighted by molar-refractivity contribution is -0.0495. The molecule has 1 saturated carbocycles. The van der Waals surface area contributed by atoms with E-state index in [1.807, 2.05) is 20.0 Å². The van der Waals surface area contributed by atoms with E-state index in [0.717, 1.165) is 31.7 Å². The highest BCUT2D eigenvalue weighted by molar-refractivity contribution is 5.92. The van der Waals surface area contributed by atoms with Gasteiger partial charge in [0.1, 0.15) is 5.69 Å². The van der Waals surface area contributed by atoms with Gasteiger partial charge in [0.05, 0.1) is 23.6 Å². The highest BCUT2D eigenvalue weighted by Crippen LogP contribution is 2.41. The number of ether oxygens (including phenoxy) is 1. The first kappa shape index (κ1) is 23.8. The molecule has 1 atom stereocenters. The zero-order chi connectivity index (χ0) is 24.6. The molecule has 0 bridgehead atoms. The Kier molecular flexibility index (Phi) is 6.57. The van der Waals surface area contributed by atoms with Crippen LogP contribution in [-0.2, 0) is 11.3 Å². The Bertz CT molecular complexity index is 1190. The molecular weight excluding hydrogens is 454 g/mol. The van der Waals surface area contributed by atoms with Crippen molar-refractivity contribution in [1.29, 1.82) is 0 Å². The third kappa shape index (κ3) is 4.94. The molecule has 5 rings (SSSR count). The van der Waals surface area contributed by atoms with E-state index in [0.29, 0.717) is 42.3 Å². The molecule has 10 heteroatoms. The smallest absolute Gasteiger partial charge is 0.270 e. The molecule has 4 heterocycles. The van der Waals surface area contributed by atoms with Crippen LogP contribution in [0.3, 0.4) is 0 Å². The number of rotatable bonds is 6. The maximum absolute atomic E-state index is 13.9. The Morgan fingerprint density at radius 2 is 2.00 bits per heavy atom. The van der Waals surface area contributed by atoms with Crippen molar-refractivity contribution in [2.45, 2.75) is 76.8 Å². The standard InChI is InChI=1S/C25H32F2N6O2/c1-3-32-21(6-11-28-32)24(34)30-23(18-4-9-25(26,27)10-5-18)20-15-33-22(29-20)14-19(16(2)31-33)17-7-12-35-13-8-17/h6,11,14-15,17-18,23H,3-5,7-10,12-13H2,1-2H3,(H,30,34). The minimum Gasteiger partial charge on any atom is -0.381 e. The van der Waals surface area contributed by atoms with Crippen molar-refractivity contribution in [2.24, 2.45) is 5.92 Å². The fourth-order valence-electron chi connectivity index (χ4n) is 5.44. The molecule has 3 aromatic rings. The van der Waals surface area contributed by atoms with Crippen LogP contribution in [0.5, 0.6) is 0 Å². The molecule has 0 radical (unpaired) electrons. The van der Waals surface area contributed by atoms with Gasteiger partial charge in [-0.05, 0) is 69.1 Å². The number of hydrogen-bond acceptors (Lipinski definition) is 5. The summed E-state index contributed by atoms with van der Waals surface area (Å²) >= 11 is 0. The molecule has 2 fully saturated rings. The summed E-state index contributed by atoms with van der Waals surface area (Å²) in [4.78, 5) is 18.0. The first-order valence-electron chi connectivity index (χ1n) is 12.5. The van der Waals surface area contributed by atoms with Crippen LogP contribution in [0.2, 0.25) is 0 Å². The third-order valence-corrected chi connectivity index (χ3v) is 7.44. The second kappa shape index (κ2) is 9.64. The Hall–Kier alpha value is -2.88. The zero-order valence-electron chi connectivity index (χ0n) is 20.2. The molecule has 1 N–H and O–H groups in total. The summed E-state index contributed by atoms with van der Waals surface area (Å²) in [5, 5.41) is 12.0. The van der Waals surface area contributed by atoms with Gasteiger partial charge < -0.3 is 10.1 Å². The number of aromatic nitrogens is 5. The summed E-state index contributed by atoms with van der Waals surface area (Å²) < 4.78 is 36.7. The summed E-state index contributed by atoms with van der Waals surface area (Å²) in [5.74, 6) is -2.69. The van der Waals surface area contributed by atoms with Crippen molar-refractivity contribution >= 4 is 11.6 Å². The molecule has 1 saturated heterocycles. The Balaban J connectivity index is 1.47. The first-order chi connectivity index (χ1) is 16.8. The zero-order valence-corrected chi connectivity index (χ0v) is 20.2. The number of halogens is 2. The minimum absolute atomic E-state index is 0.141. The monoisotopic (exact) mass is 486 g/mol. The lowest BCUT2D eigenvalue weighted by Crippen LogP contribution is -2.38. The second-order valence-electron chi connectivity index (χ2n) is 9.72. The molecule has 0 spiro atoms. The largest absolute Gasteiger partial charge is 0.381 e. The number of hydrogen-bond donors (Lipinski definition) is 1. The van der Waals surface area contributed by atoms with Crippen LogP contribution < -0.4 is 5.32 Å². The van der Waals surface area contributed by atoms with E-state index >= 15 is 0 Å². The molecule has 8 nitrogen and oxygen atoms in total. The van der Waals surface area contributed by atoms with E-state index in [9.17, 15) is 13.6 Å². The van der Waals surface area contributed by atoms with E-state index in [1.54, 1.807) is 21.5 Å². The number of carbonyl (C=O) groups is 1. The maximum atomic E-state index is 13.9. The van der Waals surface area contributed by atoms with Gasteiger partial charge in [0.15, 0.2) is 5.65 Å². The molecule has 188 valence electrons. The van der Waals surface area contributed by atoms with Crippen molar-refractivity contribution in [2.75, 3.05) is 13.2 Å². The number of nitrogens with zero attached hydrogens (tertiary/aromatic N) is 5. The predicted octanol–water partition coefficient (Wildman–Crippen LogP) is 4.44. The summed E-state index contributed by atoms with van der Waals surface area (Å²) in [6, 6.07) is 3.24. The third-order valence-electron chi connectivity index (χ3n) is 7.44. The van der Waals surface area contributed by atoms with Gasteiger partial charge in [-0.2, -0.15) is 10.2 Å². The molecule has 3 aromatic heterocycles. The highest BCUT2D eigenvalue weighted by Gasteiger charge is 2.39. The molecule has 1 aliphatic heterocycles. The molecule has 2 aliphatic rings. The number of fused-ring (bicyclic) bond motifs is 1. The summed E-state index contributed by atoms with van der Waals surface area (Å²) in [6.07, 6.45) is 5.58. The Labute approximate surface area is 203 Å². The molecular formula is C25H32F2N6O2.